The molecule has 0 saturated carbocycles. The molecule has 1 saturated heterocycles. The number of carbonyl (C=O) groups excluding carboxylic acids is 2. The zero-order valence-electron chi connectivity index (χ0n) is 9.50. The summed E-state index contributed by atoms with van der Waals surface area (Å²) in [5.41, 5.74) is -0.741. The van der Waals surface area contributed by atoms with E-state index >= 15 is 0 Å². The Morgan fingerprint density at radius 3 is 2.73 bits per heavy atom. The van der Waals surface area contributed by atoms with Crippen LogP contribution in [0.3, 0.4) is 0 Å². The van der Waals surface area contributed by atoms with E-state index in [1.54, 1.807) is 30.5 Å². The van der Waals surface area contributed by atoms with Crippen LogP contribution in [-0.2, 0) is 9.59 Å². The molecule has 0 aliphatic carbocycles. The molecule has 1 aliphatic heterocycles. The van der Waals surface area contributed by atoms with Gasteiger partial charge in [-0.25, -0.2) is 0 Å². The molecule has 0 aromatic rings. The number of amides is 2. The number of hydrogen-bond donors (Lipinski definition) is 1. The second kappa shape index (κ2) is 4.88. The smallest absolute Gasteiger partial charge is 0.248 e. The second-order valence-electron chi connectivity index (χ2n) is 4.25. The lowest BCUT2D eigenvalue weighted by molar-refractivity contribution is -0.148. The SMILES string of the molecule is CSCCCN1CC(=O)NC(C)(C)C1=O. The standard InChI is InChI=1S/C10H18N2O2S/c1-10(2)9(14)12(5-4-6-15-3)7-8(13)11-10/h4-7H2,1-3H3,(H,11,13). The lowest BCUT2D eigenvalue weighted by Gasteiger charge is -2.37. The molecule has 5 heteroatoms. The quantitative estimate of drug-likeness (QED) is 0.715. The highest BCUT2D eigenvalue weighted by Gasteiger charge is 2.38. The molecular weight excluding hydrogens is 212 g/mol. The Hall–Kier alpha value is -0.710. The Balaban J connectivity index is 2.55. The fraction of sp³-hybridized carbons (Fsp3) is 0.800. The average molecular weight is 230 g/mol. The molecule has 1 N–H and O–H groups in total. The maximum absolute atomic E-state index is 11.9. The van der Waals surface area contributed by atoms with Crippen LogP contribution >= 0.6 is 11.8 Å². The van der Waals surface area contributed by atoms with E-state index in [1.807, 2.05) is 6.26 Å². The van der Waals surface area contributed by atoms with Gasteiger partial charge < -0.3 is 10.2 Å². The summed E-state index contributed by atoms with van der Waals surface area (Å²) in [6, 6.07) is 0. The fourth-order valence-electron chi connectivity index (χ4n) is 1.66. The highest BCUT2D eigenvalue weighted by molar-refractivity contribution is 7.98. The van der Waals surface area contributed by atoms with Gasteiger partial charge in [-0.3, -0.25) is 9.59 Å². The largest absolute Gasteiger partial charge is 0.341 e. The van der Waals surface area contributed by atoms with E-state index in [0.717, 1.165) is 12.2 Å². The van der Waals surface area contributed by atoms with E-state index in [1.165, 1.54) is 0 Å². The first-order chi connectivity index (χ1) is 6.97. The van der Waals surface area contributed by atoms with Gasteiger partial charge in [0.15, 0.2) is 0 Å². The Kier molecular flexibility index (Phi) is 4.02. The molecule has 1 fully saturated rings. The van der Waals surface area contributed by atoms with E-state index in [2.05, 4.69) is 5.32 Å². The van der Waals surface area contributed by atoms with Crippen LogP contribution in [0.25, 0.3) is 0 Å². The molecule has 1 heterocycles. The molecule has 0 spiro atoms. The minimum atomic E-state index is -0.741. The van der Waals surface area contributed by atoms with Gasteiger partial charge in [0.05, 0.1) is 6.54 Å². The molecule has 0 radical (unpaired) electrons. The van der Waals surface area contributed by atoms with E-state index in [9.17, 15) is 9.59 Å². The van der Waals surface area contributed by atoms with Crippen LogP contribution in [0.2, 0.25) is 0 Å². The van der Waals surface area contributed by atoms with Gasteiger partial charge in [-0.05, 0) is 32.3 Å². The predicted molar refractivity (Wildman–Crippen MR) is 61.8 cm³/mol. The van der Waals surface area contributed by atoms with Gasteiger partial charge in [0.1, 0.15) is 5.54 Å². The molecular formula is C10H18N2O2S. The topological polar surface area (TPSA) is 49.4 Å². The summed E-state index contributed by atoms with van der Waals surface area (Å²) in [7, 11) is 0. The molecule has 4 nitrogen and oxygen atoms in total. The van der Waals surface area contributed by atoms with Crippen LogP contribution in [0.15, 0.2) is 0 Å². The maximum Gasteiger partial charge on any atom is 0.248 e. The highest BCUT2D eigenvalue weighted by atomic mass is 32.2. The number of carbonyl (C=O) groups is 2. The molecule has 86 valence electrons. The van der Waals surface area contributed by atoms with Crippen LogP contribution in [0, 0.1) is 0 Å². The molecule has 15 heavy (non-hydrogen) atoms. The zero-order chi connectivity index (χ0) is 11.5. The second-order valence-corrected chi connectivity index (χ2v) is 5.23. The van der Waals surface area contributed by atoms with Crippen molar-refractivity contribution >= 4 is 23.6 Å². The molecule has 0 unspecified atom stereocenters. The minimum Gasteiger partial charge on any atom is -0.341 e. The van der Waals surface area contributed by atoms with Gasteiger partial charge in [-0.15, -0.1) is 0 Å². The third kappa shape index (κ3) is 3.12. The first-order valence-corrected chi connectivity index (χ1v) is 6.46. The van der Waals surface area contributed by atoms with Crippen molar-refractivity contribution in [1.29, 1.82) is 0 Å². The van der Waals surface area contributed by atoms with Gasteiger partial charge in [-0.1, -0.05) is 0 Å². The van der Waals surface area contributed by atoms with Crippen LogP contribution < -0.4 is 5.32 Å². The maximum atomic E-state index is 11.9. The Morgan fingerprint density at radius 2 is 2.13 bits per heavy atom. The Morgan fingerprint density at radius 1 is 1.47 bits per heavy atom. The summed E-state index contributed by atoms with van der Waals surface area (Å²) < 4.78 is 0. The lowest BCUT2D eigenvalue weighted by Crippen LogP contribution is -2.63. The van der Waals surface area contributed by atoms with Crippen molar-refractivity contribution in [3.05, 3.63) is 0 Å². The highest BCUT2D eigenvalue weighted by Crippen LogP contribution is 2.13. The zero-order valence-corrected chi connectivity index (χ0v) is 10.3. The van der Waals surface area contributed by atoms with Gasteiger partial charge in [0.25, 0.3) is 0 Å². The number of thioether (sulfide) groups is 1. The van der Waals surface area contributed by atoms with Crippen LogP contribution in [0.5, 0.6) is 0 Å². The monoisotopic (exact) mass is 230 g/mol. The van der Waals surface area contributed by atoms with E-state index in [-0.39, 0.29) is 18.4 Å². The summed E-state index contributed by atoms with van der Waals surface area (Å²) in [5.74, 6) is 0.971. The molecule has 1 rings (SSSR count). The summed E-state index contributed by atoms with van der Waals surface area (Å²) in [4.78, 5) is 24.9. The Labute approximate surface area is 94.8 Å². The normalized spacial score (nSPS) is 20.3. The van der Waals surface area contributed by atoms with Crippen LogP contribution in [0.1, 0.15) is 20.3 Å². The number of piperazine rings is 1. The third-order valence-electron chi connectivity index (χ3n) is 2.38. The lowest BCUT2D eigenvalue weighted by atomic mass is 10.0. The van der Waals surface area contributed by atoms with E-state index in [4.69, 9.17) is 0 Å². The van der Waals surface area contributed by atoms with Gasteiger partial charge in [-0.2, -0.15) is 11.8 Å². The summed E-state index contributed by atoms with van der Waals surface area (Å²) in [6.07, 6.45) is 2.98. The molecule has 0 aromatic carbocycles. The fourth-order valence-corrected chi connectivity index (χ4v) is 2.08. The van der Waals surface area contributed by atoms with Crippen molar-refractivity contribution in [2.75, 3.05) is 25.1 Å². The third-order valence-corrected chi connectivity index (χ3v) is 3.08. The van der Waals surface area contributed by atoms with E-state index < -0.39 is 5.54 Å². The number of nitrogens with one attached hydrogen (secondary N) is 1. The molecule has 0 aromatic heterocycles. The molecule has 0 atom stereocenters. The van der Waals surface area contributed by atoms with Gasteiger partial charge in [0, 0.05) is 6.54 Å². The van der Waals surface area contributed by atoms with Crippen molar-refractivity contribution in [2.24, 2.45) is 0 Å². The first-order valence-electron chi connectivity index (χ1n) is 5.06. The van der Waals surface area contributed by atoms with Crippen molar-refractivity contribution in [3.63, 3.8) is 0 Å². The predicted octanol–water partition coefficient (Wildman–Crippen LogP) is 0.476. The summed E-state index contributed by atoms with van der Waals surface area (Å²) in [5, 5.41) is 2.69. The summed E-state index contributed by atoms with van der Waals surface area (Å²) in [6.45, 7) is 4.37. The molecule has 0 bridgehead atoms. The van der Waals surface area contributed by atoms with Gasteiger partial charge >= 0.3 is 0 Å². The number of nitrogens with zero attached hydrogens (tertiary/aromatic N) is 1. The van der Waals surface area contributed by atoms with Crippen molar-refractivity contribution < 1.29 is 9.59 Å². The Bertz CT molecular complexity index is 266. The van der Waals surface area contributed by atoms with Crippen LogP contribution in [-0.4, -0.2) is 47.4 Å². The van der Waals surface area contributed by atoms with Gasteiger partial charge in [0.2, 0.25) is 11.8 Å². The minimum absolute atomic E-state index is 0.0169. The summed E-state index contributed by atoms with van der Waals surface area (Å²) >= 11 is 1.75. The van der Waals surface area contributed by atoms with Crippen molar-refractivity contribution in [1.82, 2.24) is 10.2 Å². The van der Waals surface area contributed by atoms with E-state index in [0.29, 0.717) is 6.54 Å². The molecule has 1 aliphatic rings. The first kappa shape index (κ1) is 12.4. The average Bonchev–Trinajstić information content (AvgIpc) is 2.13. The van der Waals surface area contributed by atoms with Crippen LogP contribution in [0.4, 0.5) is 0 Å². The van der Waals surface area contributed by atoms with Crippen molar-refractivity contribution in [2.45, 2.75) is 25.8 Å². The molecule has 2 amide bonds. The van der Waals surface area contributed by atoms with Crippen molar-refractivity contribution in [3.8, 4) is 0 Å². The number of rotatable bonds is 4. The number of hydrogen-bond acceptors (Lipinski definition) is 3.